The van der Waals surface area contributed by atoms with Gasteiger partial charge in [0.15, 0.2) is 0 Å². The number of aromatic nitrogens is 1. The molecule has 4 rings (SSSR count). The minimum atomic E-state index is -0.0174. The number of carbonyl (C=O) groups excluding carboxylic acids is 1. The summed E-state index contributed by atoms with van der Waals surface area (Å²) in [5, 5.41) is 3.33. The van der Waals surface area contributed by atoms with E-state index in [0.717, 1.165) is 30.0 Å². The highest BCUT2D eigenvalue weighted by Gasteiger charge is 2.22. The fraction of sp³-hybridized carbons (Fsp3) is 0.217. The van der Waals surface area contributed by atoms with Gasteiger partial charge < -0.3 is 15.0 Å². The molecule has 5 nitrogen and oxygen atoms in total. The number of carbonyl (C=O) groups is 1. The van der Waals surface area contributed by atoms with Crippen LogP contribution in [0.5, 0.6) is 5.75 Å². The van der Waals surface area contributed by atoms with Crippen molar-refractivity contribution in [2.75, 3.05) is 19.0 Å². The Morgan fingerprint density at radius 1 is 1.07 bits per heavy atom. The van der Waals surface area contributed by atoms with Gasteiger partial charge >= 0.3 is 0 Å². The van der Waals surface area contributed by atoms with Gasteiger partial charge in [0.1, 0.15) is 11.4 Å². The average molecular weight is 373 g/mol. The Bertz CT molecular complexity index is 952. The maximum absolute atomic E-state index is 12.8. The van der Waals surface area contributed by atoms with Crippen molar-refractivity contribution in [3.8, 4) is 5.75 Å². The number of hydrogen-bond acceptors (Lipinski definition) is 4. The van der Waals surface area contributed by atoms with E-state index in [0.29, 0.717) is 18.8 Å². The van der Waals surface area contributed by atoms with Crippen molar-refractivity contribution in [2.45, 2.75) is 19.5 Å². The molecule has 0 bridgehead atoms. The Kier molecular flexibility index (Phi) is 5.24. The predicted molar refractivity (Wildman–Crippen MR) is 109 cm³/mol. The molecule has 5 heteroatoms. The molecule has 0 aliphatic carbocycles. The predicted octanol–water partition coefficient (Wildman–Crippen LogP) is 3.90. The average Bonchev–Trinajstić information content (AvgIpc) is 2.77. The van der Waals surface area contributed by atoms with Crippen molar-refractivity contribution in [3.63, 3.8) is 0 Å². The molecular formula is C23H23N3O2. The first-order valence-electron chi connectivity index (χ1n) is 9.42. The van der Waals surface area contributed by atoms with Gasteiger partial charge in [0.2, 0.25) is 0 Å². The van der Waals surface area contributed by atoms with Gasteiger partial charge in [-0.25, -0.2) is 4.98 Å². The monoisotopic (exact) mass is 373 g/mol. The van der Waals surface area contributed by atoms with Crippen LogP contribution in [0.15, 0.2) is 66.9 Å². The normalized spacial score (nSPS) is 13.0. The zero-order valence-electron chi connectivity index (χ0n) is 15.9. The van der Waals surface area contributed by atoms with Crippen LogP contribution in [0, 0.1) is 0 Å². The third-order valence-corrected chi connectivity index (χ3v) is 5.06. The van der Waals surface area contributed by atoms with Crippen LogP contribution in [0.2, 0.25) is 0 Å². The van der Waals surface area contributed by atoms with Gasteiger partial charge in [-0.2, -0.15) is 0 Å². The molecule has 1 aromatic heterocycles. The second-order valence-electron chi connectivity index (χ2n) is 6.88. The third-order valence-electron chi connectivity index (χ3n) is 5.06. The second kappa shape index (κ2) is 8.13. The van der Waals surface area contributed by atoms with E-state index in [4.69, 9.17) is 4.74 Å². The fourth-order valence-electron chi connectivity index (χ4n) is 3.40. The van der Waals surface area contributed by atoms with E-state index in [2.05, 4.69) is 28.5 Å². The van der Waals surface area contributed by atoms with Gasteiger partial charge in [0.25, 0.3) is 5.91 Å². The lowest BCUT2D eigenvalue weighted by molar-refractivity contribution is 0.0729. The summed E-state index contributed by atoms with van der Waals surface area (Å²) in [7, 11) is 1.66. The zero-order valence-corrected chi connectivity index (χ0v) is 15.9. The van der Waals surface area contributed by atoms with Crippen LogP contribution in [-0.4, -0.2) is 29.4 Å². The van der Waals surface area contributed by atoms with E-state index < -0.39 is 0 Å². The van der Waals surface area contributed by atoms with E-state index in [-0.39, 0.29) is 5.91 Å². The summed E-state index contributed by atoms with van der Waals surface area (Å²) in [6, 6.07) is 19.9. The molecule has 142 valence electrons. The van der Waals surface area contributed by atoms with Crippen molar-refractivity contribution in [2.24, 2.45) is 0 Å². The number of fused-ring (bicyclic) bond motifs is 1. The summed E-state index contributed by atoms with van der Waals surface area (Å²) >= 11 is 0. The maximum atomic E-state index is 12.8. The SMILES string of the molecule is COc1ccc(CNc2ccc(C(=O)N3CCc4ccccc4C3)nc2)cc1. The third kappa shape index (κ3) is 3.98. The summed E-state index contributed by atoms with van der Waals surface area (Å²) in [5.41, 5.74) is 5.07. The number of rotatable bonds is 5. The molecule has 1 amide bonds. The molecule has 1 aliphatic rings. The van der Waals surface area contributed by atoms with Crippen molar-refractivity contribution >= 4 is 11.6 Å². The van der Waals surface area contributed by atoms with Crippen LogP contribution >= 0.6 is 0 Å². The highest BCUT2D eigenvalue weighted by Crippen LogP contribution is 2.20. The van der Waals surface area contributed by atoms with Crippen molar-refractivity contribution in [1.29, 1.82) is 0 Å². The van der Waals surface area contributed by atoms with Gasteiger partial charge in [0.05, 0.1) is 19.0 Å². The summed E-state index contributed by atoms with van der Waals surface area (Å²) < 4.78 is 5.17. The van der Waals surface area contributed by atoms with Crippen LogP contribution in [0.3, 0.4) is 0 Å². The lowest BCUT2D eigenvalue weighted by atomic mass is 10.00. The van der Waals surface area contributed by atoms with Crippen molar-refractivity contribution < 1.29 is 9.53 Å². The van der Waals surface area contributed by atoms with Crippen LogP contribution in [0.1, 0.15) is 27.2 Å². The lowest BCUT2D eigenvalue weighted by Crippen LogP contribution is -2.36. The topological polar surface area (TPSA) is 54.5 Å². The first-order valence-corrected chi connectivity index (χ1v) is 9.42. The van der Waals surface area contributed by atoms with Gasteiger partial charge in [0, 0.05) is 19.6 Å². The largest absolute Gasteiger partial charge is 0.497 e. The van der Waals surface area contributed by atoms with Crippen LogP contribution in [0.25, 0.3) is 0 Å². The molecule has 2 heterocycles. The van der Waals surface area contributed by atoms with E-state index >= 15 is 0 Å². The van der Waals surface area contributed by atoms with Crippen molar-refractivity contribution in [1.82, 2.24) is 9.88 Å². The van der Waals surface area contributed by atoms with E-state index in [1.165, 1.54) is 11.1 Å². The van der Waals surface area contributed by atoms with Crippen LogP contribution in [-0.2, 0) is 19.5 Å². The van der Waals surface area contributed by atoms with Gasteiger partial charge in [-0.3, -0.25) is 4.79 Å². The van der Waals surface area contributed by atoms with E-state index in [9.17, 15) is 4.79 Å². The number of anilines is 1. The maximum Gasteiger partial charge on any atom is 0.272 e. The number of pyridine rings is 1. The minimum absolute atomic E-state index is 0.0174. The molecule has 0 unspecified atom stereocenters. The number of ether oxygens (including phenoxy) is 1. The molecule has 0 atom stereocenters. The quantitative estimate of drug-likeness (QED) is 0.737. The Hall–Kier alpha value is -3.34. The summed E-state index contributed by atoms with van der Waals surface area (Å²) in [6.45, 7) is 2.06. The second-order valence-corrected chi connectivity index (χ2v) is 6.88. The summed E-state index contributed by atoms with van der Waals surface area (Å²) in [4.78, 5) is 19.0. The molecule has 0 saturated carbocycles. The minimum Gasteiger partial charge on any atom is -0.497 e. The Balaban J connectivity index is 1.37. The number of amides is 1. The first-order chi connectivity index (χ1) is 13.7. The van der Waals surface area contributed by atoms with Gasteiger partial charge in [-0.15, -0.1) is 0 Å². The Labute approximate surface area is 165 Å². The number of hydrogen-bond donors (Lipinski definition) is 1. The molecule has 3 aromatic rings. The molecule has 0 radical (unpaired) electrons. The fourth-order valence-corrected chi connectivity index (χ4v) is 3.40. The zero-order chi connectivity index (χ0) is 19.3. The molecule has 2 aromatic carbocycles. The van der Waals surface area contributed by atoms with Crippen LogP contribution in [0.4, 0.5) is 5.69 Å². The number of methoxy groups -OCH3 is 1. The Morgan fingerprint density at radius 2 is 1.86 bits per heavy atom. The lowest BCUT2D eigenvalue weighted by Gasteiger charge is -2.28. The van der Waals surface area contributed by atoms with E-state index in [1.807, 2.05) is 41.3 Å². The Morgan fingerprint density at radius 3 is 2.57 bits per heavy atom. The van der Waals surface area contributed by atoms with Crippen molar-refractivity contribution in [3.05, 3.63) is 89.2 Å². The molecule has 28 heavy (non-hydrogen) atoms. The molecule has 1 N–H and O–H groups in total. The van der Waals surface area contributed by atoms with Gasteiger partial charge in [-0.05, 0) is 47.4 Å². The highest BCUT2D eigenvalue weighted by molar-refractivity contribution is 5.92. The van der Waals surface area contributed by atoms with Gasteiger partial charge in [-0.1, -0.05) is 36.4 Å². The molecule has 0 spiro atoms. The standard InChI is InChI=1S/C23H23N3O2/c1-28-21-9-6-17(7-10-21)14-24-20-8-11-22(25-15-20)23(27)26-13-12-18-4-2-3-5-19(18)16-26/h2-11,15,24H,12-14,16H2,1H3. The molecule has 0 fully saturated rings. The number of nitrogens with zero attached hydrogens (tertiary/aromatic N) is 2. The molecule has 0 saturated heterocycles. The molecule has 1 aliphatic heterocycles. The van der Waals surface area contributed by atoms with E-state index in [1.54, 1.807) is 19.4 Å². The number of nitrogens with one attached hydrogen (secondary N) is 1. The highest BCUT2D eigenvalue weighted by atomic mass is 16.5. The first kappa shape index (κ1) is 18.0. The molecular weight excluding hydrogens is 350 g/mol. The van der Waals surface area contributed by atoms with Crippen LogP contribution < -0.4 is 10.1 Å². The summed E-state index contributed by atoms with van der Waals surface area (Å²) in [5.74, 6) is 0.824. The smallest absolute Gasteiger partial charge is 0.272 e. The number of benzene rings is 2. The summed E-state index contributed by atoms with van der Waals surface area (Å²) in [6.07, 6.45) is 2.61.